The number of halogens is 6. The summed E-state index contributed by atoms with van der Waals surface area (Å²) in [5, 5.41) is 0. The molecule has 0 spiro atoms. The standard InChI is InChI=1S/6FH.Na/h6*1H;. The third-order valence-electron chi connectivity index (χ3n) is 0. The Morgan fingerprint density at radius 2 is 0.286 bits per heavy atom. The zero-order valence-corrected chi connectivity index (χ0v) is 5.45. The molecule has 7 heavy (non-hydrogen) atoms. The average Bonchev–Trinajstić information content (AvgIpc) is 0. The predicted molar refractivity (Wildman–Crippen MR) is 20.8 cm³/mol. The minimum atomic E-state index is 0. The Balaban J connectivity index is 0. The summed E-state index contributed by atoms with van der Waals surface area (Å²) in [5.41, 5.74) is 0. The molecule has 0 saturated heterocycles. The van der Waals surface area contributed by atoms with Crippen LogP contribution in [-0.4, -0.2) is 29.6 Å². The van der Waals surface area contributed by atoms with Crippen molar-refractivity contribution in [1.29, 1.82) is 0 Å². The minimum absolute atomic E-state index is 0. The fourth-order valence-electron chi connectivity index (χ4n) is 0. The van der Waals surface area contributed by atoms with Gasteiger partial charge >= 0.3 is 0 Å². The summed E-state index contributed by atoms with van der Waals surface area (Å²) < 4.78 is 0. The molecule has 0 aliphatic carbocycles. The van der Waals surface area contributed by atoms with Gasteiger partial charge in [-0.3, -0.25) is 28.2 Å². The summed E-state index contributed by atoms with van der Waals surface area (Å²) in [4.78, 5) is 0. The van der Waals surface area contributed by atoms with E-state index >= 15 is 0 Å². The maximum Gasteiger partial charge on any atom is 0 e. The van der Waals surface area contributed by atoms with Gasteiger partial charge < -0.3 is 0 Å². The summed E-state index contributed by atoms with van der Waals surface area (Å²) >= 11 is 0. The van der Waals surface area contributed by atoms with Crippen LogP contribution in [0.1, 0.15) is 0 Å². The van der Waals surface area contributed by atoms with Gasteiger partial charge in [-0.05, 0) is 0 Å². The van der Waals surface area contributed by atoms with Gasteiger partial charge in [0.05, 0.1) is 0 Å². The van der Waals surface area contributed by atoms with Crippen molar-refractivity contribution in [2.45, 2.75) is 0 Å². The Labute approximate surface area is 58.2 Å². The molecule has 49 valence electrons. The molecule has 1 radical (unpaired) electrons. The molecule has 0 aliphatic rings. The Morgan fingerprint density at radius 1 is 0.286 bits per heavy atom. The second-order valence-corrected chi connectivity index (χ2v) is 0. The Bertz CT molecular complexity index is 4.14. The van der Waals surface area contributed by atoms with Gasteiger partial charge in [0, 0.05) is 29.6 Å². The molecule has 7 heteroatoms. The van der Waals surface area contributed by atoms with Crippen LogP contribution < -0.4 is 0 Å². The van der Waals surface area contributed by atoms with Crippen LogP contribution in [0.15, 0.2) is 0 Å². The molecule has 0 aromatic heterocycles. The van der Waals surface area contributed by atoms with Crippen LogP contribution in [0.5, 0.6) is 0 Å². The van der Waals surface area contributed by atoms with Gasteiger partial charge in [0.15, 0.2) is 0 Å². The zero-order chi connectivity index (χ0) is 0. The van der Waals surface area contributed by atoms with Crippen LogP contribution in [0.2, 0.25) is 0 Å². The second-order valence-electron chi connectivity index (χ2n) is 0. The molecule has 0 heterocycles. The monoisotopic (exact) mass is 143 g/mol. The molecule has 0 amide bonds. The minimum Gasteiger partial charge on any atom is -0.269 e. The fraction of sp³-hybridized carbons (Fsp3) is 0. The van der Waals surface area contributed by atoms with Gasteiger partial charge in [0.25, 0.3) is 0 Å². The Hall–Kier alpha value is 0.580. The molecule has 0 saturated carbocycles. The smallest absolute Gasteiger partial charge is 0 e. The second kappa shape index (κ2) is 609. The summed E-state index contributed by atoms with van der Waals surface area (Å²) in [6.45, 7) is 0. The zero-order valence-electron chi connectivity index (χ0n) is 3.45. The fourth-order valence-corrected chi connectivity index (χ4v) is 0. The maximum absolute atomic E-state index is 0. The van der Waals surface area contributed by atoms with E-state index in [1.54, 1.807) is 0 Å². The number of hydrogen-bond donors (Lipinski definition) is 0. The van der Waals surface area contributed by atoms with E-state index in [1.165, 1.54) is 0 Å². The molecule has 0 rings (SSSR count). The topological polar surface area (TPSA) is 0 Å². The molecule has 0 fully saturated rings. The van der Waals surface area contributed by atoms with Crippen LogP contribution in [-0.2, 0) is 0 Å². The van der Waals surface area contributed by atoms with Crippen LogP contribution in [0.25, 0.3) is 0 Å². The molecule has 0 nitrogen and oxygen atoms in total. The Kier molecular flexibility index (Phi) is 84900. The van der Waals surface area contributed by atoms with E-state index in [0.29, 0.717) is 0 Å². The summed E-state index contributed by atoms with van der Waals surface area (Å²) in [6.07, 6.45) is 0. The summed E-state index contributed by atoms with van der Waals surface area (Å²) in [5.74, 6) is 0. The van der Waals surface area contributed by atoms with Gasteiger partial charge in [-0.25, -0.2) is 0 Å². The van der Waals surface area contributed by atoms with E-state index in [2.05, 4.69) is 0 Å². The van der Waals surface area contributed by atoms with Gasteiger partial charge in [-0.2, -0.15) is 0 Å². The Morgan fingerprint density at radius 3 is 0.286 bits per heavy atom. The van der Waals surface area contributed by atoms with E-state index in [9.17, 15) is 0 Å². The van der Waals surface area contributed by atoms with E-state index < -0.39 is 0 Å². The van der Waals surface area contributed by atoms with E-state index in [4.69, 9.17) is 0 Å². The SMILES string of the molecule is F.F.F.F.F.F.[Na]. The summed E-state index contributed by atoms with van der Waals surface area (Å²) in [7, 11) is 0. The van der Waals surface area contributed by atoms with Crippen molar-refractivity contribution >= 4 is 29.6 Å². The van der Waals surface area contributed by atoms with Crippen molar-refractivity contribution in [2.75, 3.05) is 0 Å². The molecule has 0 unspecified atom stereocenters. The van der Waals surface area contributed by atoms with E-state index in [-0.39, 0.29) is 57.8 Å². The number of rotatable bonds is 0. The first kappa shape index (κ1) is 976. The van der Waals surface area contributed by atoms with E-state index in [0.717, 1.165) is 0 Å². The van der Waals surface area contributed by atoms with Crippen molar-refractivity contribution in [1.82, 2.24) is 0 Å². The molecule has 0 aromatic rings. The first-order chi connectivity index (χ1) is 0. The molecular formula is H6F6Na. The quantitative estimate of drug-likeness (QED) is 0.343. The predicted octanol–water partition coefficient (Wildman–Crippen LogP) is 0.534. The first-order valence-corrected chi connectivity index (χ1v) is 0. The molecule has 0 N–H and O–H groups in total. The van der Waals surface area contributed by atoms with Gasteiger partial charge in [-0.1, -0.05) is 0 Å². The molecule has 0 bridgehead atoms. The van der Waals surface area contributed by atoms with Crippen molar-refractivity contribution < 1.29 is 28.2 Å². The largest absolute Gasteiger partial charge is 0.269 e. The molecule has 0 aliphatic heterocycles. The molecular weight excluding hydrogens is 137 g/mol. The molecule has 0 atom stereocenters. The van der Waals surface area contributed by atoms with Crippen molar-refractivity contribution in [3.8, 4) is 0 Å². The first-order valence-electron chi connectivity index (χ1n) is 0. The average molecular weight is 143 g/mol. The normalized spacial score (nSPS) is 0. The molecule has 0 aromatic carbocycles. The maximum atomic E-state index is 0. The summed E-state index contributed by atoms with van der Waals surface area (Å²) in [6, 6.07) is 0. The van der Waals surface area contributed by atoms with E-state index in [1.807, 2.05) is 0 Å². The van der Waals surface area contributed by atoms with Crippen LogP contribution >= 0.6 is 0 Å². The third kappa shape index (κ3) is 410. The van der Waals surface area contributed by atoms with Crippen molar-refractivity contribution in [2.24, 2.45) is 0 Å². The number of hydrogen-bond acceptors (Lipinski definition) is 0. The van der Waals surface area contributed by atoms with Crippen LogP contribution in [0.3, 0.4) is 0 Å². The van der Waals surface area contributed by atoms with Gasteiger partial charge in [0.2, 0.25) is 0 Å². The van der Waals surface area contributed by atoms with Crippen molar-refractivity contribution in [3.63, 3.8) is 0 Å². The van der Waals surface area contributed by atoms with Crippen LogP contribution in [0.4, 0.5) is 28.2 Å². The van der Waals surface area contributed by atoms with Gasteiger partial charge in [-0.15, -0.1) is 0 Å². The third-order valence-corrected chi connectivity index (χ3v) is 0. The van der Waals surface area contributed by atoms with Gasteiger partial charge in [0.1, 0.15) is 0 Å². The van der Waals surface area contributed by atoms with Crippen LogP contribution in [0, 0.1) is 0 Å². The van der Waals surface area contributed by atoms with Crippen molar-refractivity contribution in [3.05, 3.63) is 0 Å².